The Kier molecular flexibility index (Phi) is 3.23. The molecule has 1 aliphatic heterocycles. The molecular formula is C17H22O4. The van der Waals surface area contributed by atoms with Crippen LogP contribution in [0.5, 0.6) is 0 Å². The number of fused-ring (bicyclic) bond motifs is 3. The van der Waals surface area contributed by atoms with Crippen LogP contribution < -0.4 is 0 Å². The van der Waals surface area contributed by atoms with Gasteiger partial charge in [0.2, 0.25) is 0 Å². The topological polar surface area (TPSA) is 52.6 Å². The molecule has 1 saturated carbocycles. The lowest BCUT2D eigenvalue weighted by atomic mass is 9.59. The predicted molar refractivity (Wildman–Crippen MR) is 77.3 cm³/mol. The maximum atomic E-state index is 12.0. The van der Waals surface area contributed by atoms with Gasteiger partial charge in [0.05, 0.1) is 5.92 Å². The second-order valence-corrected chi connectivity index (χ2v) is 6.84. The number of allylic oxidation sites excluding steroid dienone is 1. The van der Waals surface area contributed by atoms with Gasteiger partial charge in [-0.15, -0.1) is 0 Å². The zero-order valence-corrected chi connectivity index (χ0v) is 12.9. The van der Waals surface area contributed by atoms with E-state index in [0.29, 0.717) is 5.57 Å². The number of hydrogen-bond donors (Lipinski definition) is 0. The molecule has 4 unspecified atom stereocenters. The van der Waals surface area contributed by atoms with Crippen molar-refractivity contribution in [1.29, 1.82) is 0 Å². The van der Waals surface area contributed by atoms with E-state index in [1.807, 2.05) is 0 Å². The summed E-state index contributed by atoms with van der Waals surface area (Å²) in [5.74, 6) is -0.885. The van der Waals surface area contributed by atoms with E-state index < -0.39 is 0 Å². The summed E-state index contributed by atoms with van der Waals surface area (Å²) in [5.41, 5.74) is 2.96. The zero-order chi connectivity index (χ0) is 15.4. The third-order valence-corrected chi connectivity index (χ3v) is 5.27. The van der Waals surface area contributed by atoms with E-state index in [2.05, 4.69) is 20.4 Å². The number of carbonyl (C=O) groups is 2. The highest BCUT2D eigenvalue weighted by Crippen LogP contribution is 2.55. The zero-order valence-electron chi connectivity index (χ0n) is 12.9. The third kappa shape index (κ3) is 2.12. The van der Waals surface area contributed by atoms with Crippen LogP contribution in [0.4, 0.5) is 0 Å². The Bertz CT molecular complexity index is 559. The van der Waals surface area contributed by atoms with E-state index in [0.717, 1.165) is 25.7 Å². The summed E-state index contributed by atoms with van der Waals surface area (Å²) in [6, 6.07) is 0. The van der Waals surface area contributed by atoms with Crippen LogP contribution in [0.2, 0.25) is 0 Å². The first-order chi connectivity index (χ1) is 9.83. The first kappa shape index (κ1) is 14.4. The molecule has 4 heteroatoms. The summed E-state index contributed by atoms with van der Waals surface area (Å²) in [6.45, 7) is 9.62. The third-order valence-electron chi connectivity index (χ3n) is 5.27. The molecule has 0 N–H and O–H groups in total. The lowest BCUT2D eigenvalue weighted by Crippen LogP contribution is -2.48. The molecule has 0 aromatic rings. The molecule has 2 fully saturated rings. The van der Waals surface area contributed by atoms with Gasteiger partial charge in [-0.25, -0.2) is 4.79 Å². The van der Waals surface area contributed by atoms with Gasteiger partial charge < -0.3 is 9.47 Å². The number of esters is 2. The monoisotopic (exact) mass is 290 g/mol. The molecule has 3 aliphatic rings. The number of rotatable bonds is 1. The molecule has 4 atom stereocenters. The van der Waals surface area contributed by atoms with Gasteiger partial charge in [0.25, 0.3) is 0 Å². The minimum atomic E-state index is -0.350. The number of hydrogen-bond acceptors (Lipinski definition) is 4. The Morgan fingerprint density at radius 3 is 2.86 bits per heavy atom. The van der Waals surface area contributed by atoms with Crippen molar-refractivity contribution in [3.05, 3.63) is 23.3 Å². The minimum absolute atomic E-state index is 0.0471. The van der Waals surface area contributed by atoms with Crippen LogP contribution in [0.3, 0.4) is 0 Å². The van der Waals surface area contributed by atoms with Crippen LogP contribution in [-0.2, 0) is 19.1 Å². The van der Waals surface area contributed by atoms with Gasteiger partial charge in [0.1, 0.15) is 12.2 Å². The number of ether oxygens (including phenoxy) is 2. The average Bonchev–Trinajstić information content (AvgIpc) is 2.64. The van der Waals surface area contributed by atoms with Crippen molar-refractivity contribution >= 4 is 11.9 Å². The summed E-state index contributed by atoms with van der Waals surface area (Å²) in [5, 5.41) is 0. The van der Waals surface area contributed by atoms with Crippen molar-refractivity contribution in [2.75, 3.05) is 0 Å². The first-order valence-electron chi connectivity index (χ1n) is 7.60. The van der Waals surface area contributed by atoms with Crippen LogP contribution >= 0.6 is 0 Å². The second kappa shape index (κ2) is 4.72. The van der Waals surface area contributed by atoms with E-state index in [9.17, 15) is 9.59 Å². The Hall–Kier alpha value is -1.58. The van der Waals surface area contributed by atoms with Crippen LogP contribution in [0.25, 0.3) is 0 Å². The maximum absolute atomic E-state index is 12.0. The summed E-state index contributed by atoms with van der Waals surface area (Å²) in [7, 11) is 0. The lowest BCUT2D eigenvalue weighted by molar-refractivity contribution is -0.154. The van der Waals surface area contributed by atoms with Gasteiger partial charge >= 0.3 is 11.9 Å². The normalized spacial score (nSPS) is 38.7. The van der Waals surface area contributed by atoms with E-state index in [-0.39, 0.29) is 35.5 Å². The van der Waals surface area contributed by atoms with Crippen LogP contribution in [0.1, 0.15) is 46.5 Å². The standard InChI is InChI=1S/C17H22O4/c1-9-6-5-7-17(4)8-12(20-11(3)18)13-10(2)16(19)21-15(13)14(9)17/h12-13,15H,2,5-8H2,1,3-4H3. The lowest BCUT2D eigenvalue weighted by Gasteiger charge is -2.48. The highest BCUT2D eigenvalue weighted by atomic mass is 16.6. The molecule has 114 valence electrons. The Morgan fingerprint density at radius 1 is 1.48 bits per heavy atom. The van der Waals surface area contributed by atoms with Crippen molar-refractivity contribution < 1.29 is 19.1 Å². The molecular weight excluding hydrogens is 268 g/mol. The minimum Gasteiger partial charge on any atom is -0.462 e. The van der Waals surface area contributed by atoms with Gasteiger partial charge in [-0.05, 0) is 43.6 Å². The van der Waals surface area contributed by atoms with Crippen molar-refractivity contribution in [2.24, 2.45) is 11.3 Å². The molecule has 0 spiro atoms. The maximum Gasteiger partial charge on any atom is 0.334 e. The molecule has 4 nitrogen and oxygen atoms in total. The summed E-state index contributed by atoms with van der Waals surface area (Å²) in [6.07, 6.45) is 3.36. The Labute approximate surface area is 125 Å². The Morgan fingerprint density at radius 2 is 2.19 bits per heavy atom. The van der Waals surface area contributed by atoms with Crippen LogP contribution in [-0.4, -0.2) is 24.1 Å². The molecule has 0 aromatic carbocycles. The SMILES string of the molecule is C=C1C(=O)OC2C3=C(C)CCCC3(C)CC(OC(C)=O)C12. The average molecular weight is 290 g/mol. The highest BCUT2D eigenvalue weighted by Gasteiger charge is 2.56. The molecule has 3 rings (SSSR count). The molecule has 1 heterocycles. The molecule has 2 aliphatic carbocycles. The first-order valence-corrected chi connectivity index (χ1v) is 7.60. The van der Waals surface area contributed by atoms with Gasteiger partial charge in [-0.1, -0.05) is 19.1 Å². The smallest absolute Gasteiger partial charge is 0.334 e. The van der Waals surface area contributed by atoms with E-state index in [4.69, 9.17) is 9.47 Å². The molecule has 0 radical (unpaired) electrons. The fourth-order valence-corrected chi connectivity index (χ4v) is 4.47. The van der Waals surface area contributed by atoms with Gasteiger partial charge in [0, 0.05) is 12.5 Å². The molecule has 0 bridgehead atoms. The van der Waals surface area contributed by atoms with E-state index in [1.165, 1.54) is 18.1 Å². The van der Waals surface area contributed by atoms with Crippen LogP contribution in [0, 0.1) is 11.3 Å². The van der Waals surface area contributed by atoms with Gasteiger partial charge in [0.15, 0.2) is 0 Å². The van der Waals surface area contributed by atoms with Crippen molar-refractivity contribution in [2.45, 2.75) is 58.7 Å². The highest BCUT2D eigenvalue weighted by molar-refractivity contribution is 5.91. The fraction of sp³-hybridized carbons (Fsp3) is 0.647. The summed E-state index contributed by atoms with van der Waals surface area (Å²) < 4.78 is 11.1. The quantitative estimate of drug-likeness (QED) is 0.423. The van der Waals surface area contributed by atoms with Crippen molar-refractivity contribution in [3.63, 3.8) is 0 Å². The number of carbonyl (C=O) groups excluding carboxylic acids is 2. The van der Waals surface area contributed by atoms with Gasteiger partial charge in [-0.3, -0.25) is 4.79 Å². The van der Waals surface area contributed by atoms with Crippen LogP contribution in [0.15, 0.2) is 23.3 Å². The molecule has 21 heavy (non-hydrogen) atoms. The summed E-state index contributed by atoms with van der Waals surface area (Å²) >= 11 is 0. The fourth-order valence-electron chi connectivity index (χ4n) is 4.47. The molecule has 0 aromatic heterocycles. The van der Waals surface area contributed by atoms with Crippen molar-refractivity contribution in [1.82, 2.24) is 0 Å². The second-order valence-electron chi connectivity index (χ2n) is 6.84. The summed E-state index contributed by atoms with van der Waals surface area (Å²) in [4.78, 5) is 23.4. The molecule has 1 saturated heterocycles. The van der Waals surface area contributed by atoms with E-state index in [1.54, 1.807) is 0 Å². The van der Waals surface area contributed by atoms with Crippen molar-refractivity contribution in [3.8, 4) is 0 Å². The largest absolute Gasteiger partial charge is 0.462 e. The Balaban J connectivity index is 2.06. The molecule has 0 amide bonds. The van der Waals surface area contributed by atoms with E-state index >= 15 is 0 Å². The van der Waals surface area contributed by atoms with Gasteiger partial charge in [-0.2, -0.15) is 0 Å². The predicted octanol–water partition coefficient (Wildman–Crippen LogP) is 2.93.